The Morgan fingerprint density at radius 1 is 0.175 bits per heavy atom. The van der Waals surface area contributed by atoms with E-state index in [1.165, 1.54) is 132 Å². The zero-order chi connectivity index (χ0) is 69.1. The molecule has 2 nitrogen and oxygen atoms in total. The minimum atomic E-state index is 0.767. The highest BCUT2D eigenvalue weighted by Gasteiger charge is 2.18. The highest BCUT2D eigenvalue weighted by atomic mass is 35.5. The van der Waals surface area contributed by atoms with Crippen LogP contribution in [0.3, 0.4) is 0 Å². The van der Waals surface area contributed by atoms with E-state index in [1.54, 1.807) is 0 Å². The highest BCUT2D eigenvalue weighted by molar-refractivity contribution is 6.30. The van der Waals surface area contributed by atoms with Crippen molar-refractivity contribution in [2.45, 2.75) is 0 Å². The zero-order valence-corrected chi connectivity index (χ0v) is 57.5. The van der Waals surface area contributed by atoms with E-state index in [9.17, 15) is 0 Å². The van der Waals surface area contributed by atoms with E-state index in [0.29, 0.717) is 0 Å². The number of nitrogens with zero attached hydrogens (tertiary/aromatic N) is 1. The molecule has 0 saturated carbocycles. The van der Waals surface area contributed by atoms with E-state index in [1.807, 2.05) is 18.2 Å². The van der Waals surface area contributed by atoms with Crippen molar-refractivity contribution in [3.8, 4) is 89.0 Å². The van der Waals surface area contributed by atoms with E-state index < -0.39 is 0 Å². The third kappa shape index (κ3) is 14.5. The molecule has 0 atom stereocenters. The molecule has 103 heavy (non-hydrogen) atoms. The molecule has 0 bridgehead atoms. The van der Waals surface area contributed by atoms with Crippen LogP contribution < -0.4 is 10.2 Å². The largest absolute Gasteiger partial charge is 0.355 e. The van der Waals surface area contributed by atoms with Crippen molar-refractivity contribution in [2.24, 2.45) is 0 Å². The molecule has 0 radical (unpaired) electrons. The van der Waals surface area contributed by atoms with Crippen LogP contribution in [0.15, 0.2) is 425 Å². The van der Waals surface area contributed by atoms with Gasteiger partial charge in [0.05, 0.1) is 0 Å². The summed E-state index contributed by atoms with van der Waals surface area (Å²) in [4.78, 5) is 2.38. The van der Waals surface area contributed by atoms with Crippen LogP contribution in [0.1, 0.15) is 0 Å². The molecule has 0 aliphatic carbocycles. The second-order valence-electron chi connectivity index (χ2n) is 25.8. The monoisotopic (exact) mass is 1330 g/mol. The first-order valence-electron chi connectivity index (χ1n) is 35.0. The third-order valence-electron chi connectivity index (χ3n) is 19.2. The molecular formula is C100H71ClN2. The number of rotatable bonds is 13. The second kappa shape index (κ2) is 30.2. The van der Waals surface area contributed by atoms with Crippen molar-refractivity contribution in [1.82, 2.24) is 0 Å². The van der Waals surface area contributed by atoms with Gasteiger partial charge in [0, 0.05) is 33.5 Å². The topological polar surface area (TPSA) is 15.3 Å². The average molecular weight is 1340 g/mol. The lowest BCUT2D eigenvalue weighted by atomic mass is 9.93. The van der Waals surface area contributed by atoms with Gasteiger partial charge in [0.25, 0.3) is 0 Å². The van der Waals surface area contributed by atoms with Crippen molar-refractivity contribution in [3.63, 3.8) is 0 Å². The Kier molecular flexibility index (Phi) is 18.9. The number of halogens is 1. The lowest BCUT2D eigenvalue weighted by molar-refractivity contribution is 1.28. The zero-order valence-electron chi connectivity index (χ0n) is 56.7. The lowest BCUT2D eigenvalue weighted by Crippen LogP contribution is -2.10. The summed E-state index contributed by atoms with van der Waals surface area (Å²) in [5.74, 6) is 0. The maximum Gasteiger partial charge on any atom is 0.0473 e. The summed E-state index contributed by atoms with van der Waals surface area (Å²) in [5.41, 5.74) is 24.7. The van der Waals surface area contributed by atoms with Gasteiger partial charge in [-0.05, 0) is 229 Å². The summed E-state index contributed by atoms with van der Waals surface area (Å²) in [6.07, 6.45) is 0. The van der Waals surface area contributed by atoms with Crippen LogP contribution in [-0.4, -0.2) is 0 Å². The summed E-state index contributed by atoms with van der Waals surface area (Å²) in [6, 6.07) is 151. The fraction of sp³-hybridized carbons (Fsp3) is 0. The smallest absolute Gasteiger partial charge is 0.0473 e. The molecular weight excluding hydrogens is 1260 g/mol. The molecule has 18 aromatic carbocycles. The second-order valence-corrected chi connectivity index (χ2v) is 26.2. The molecule has 0 saturated heterocycles. The third-order valence-corrected chi connectivity index (χ3v) is 19.4. The van der Waals surface area contributed by atoms with Crippen LogP contribution >= 0.6 is 11.6 Å². The first kappa shape index (κ1) is 64.6. The Bertz CT molecular complexity index is 5780. The first-order chi connectivity index (χ1) is 51.0. The summed E-state index contributed by atoms with van der Waals surface area (Å²) in [7, 11) is 0. The molecule has 18 aromatic rings. The first-order valence-corrected chi connectivity index (χ1v) is 35.4. The van der Waals surface area contributed by atoms with Gasteiger partial charge < -0.3 is 10.2 Å². The maximum atomic E-state index is 6.01. The van der Waals surface area contributed by atoms with E-state index in [0.717, 1.165) is 33.5 Å². The molecule has 18 rings (SSSR count). The van der Waals surface area contributed by atoms with Crippen LogP contribution in [0.4, 0.5) is 28.4 Å². The molecule has 0 heterocycles. The quantitative estimate of drug-likeness (QED) is 0.116. The highest BCUT2D eigenvalue weighted by Crippen LogP contribution is 2.43. The van der Waals surface area contributed by atoms with Crippen LogP contribution in [0.25, 0.3) is 132 Å². The van der Waals surface area contributed by atoms with E-state index in [-0.39, 0.29) is 0 Å². The van der Waals surface area contributed by atoms with Crippen LogP contribution in [0.2, 0.25) is 5.02 Å². The minimum absolute atomic E-state index is 0.767. The van der Waals surface area contributed by atoms with Crippen molar-refractivity contribution >= 4 is 83.1 Å². The lowest BCUT2D eigenvalue weighted by Gasteiger charge is -2.27. The van der Waals surface area contributed by atoms with Crippen LogP contribution in [0, 0.1) is 0 Å². The average Bonchev–Trinajstić information content (AvgIpc) is 0.726. The van der Waals surface area contributed by atoms with Crippen molar-refractivity contribution in [2.75, 3.05) is 10.2 Å². The number of nitrogens with one attached hydrogen (secondary N) is 1. The molecule has 0 unspecified atom stereocenters. The van der Waals surface area contributed by atoms with Gasteiger partial charge in [-0.25, -0.2) is 0 Å². The SMILES string of the molecule is Clc1ccc(-c2cc3ccccc3c3ccccc23)cc1.c1ccc(-c2ccc(N(c3ccc(-c4cc5ccccc5c5ccccc45)cc3)c3cc(-c4ccccc4)cc(-c4ccccc4)c3)cc2)cc1.c1ccc(-c2ccc(Nc3cc(-c4ccccc4)cc(-c4ccccc4)c3)cc2)cc1. The van der Waals surface area contributed by atoms with Gasteiger partial charge >= 0.3 is 0 Å². The summed E-state index contributed by atoms with van der Waals surface area (Å²) in [5, 5.41) is 14.6. The number of fused-ring (bicyclic) bond motifs is 6. The summed E-state index contributed by atoms with van der Waals surface area (Å²) >= 11 is 6.01. The van der Waals surface area contributed by atoms with Crippen molar-refractivity contribution < 1.29 is 0 Å². The van der Waals surface area contributed by atoms with Gasteiger partial charge in [0.1, 0.15) is 0 Å². The van der Waals surface area contributed by atoms with Crippen LogP contribution in [-0.2, 0) is 0 Å². The van der Waals surface area contributed by atoms with Gasteiger partial charge in [-0.2, -0.15) is 0 Å². The Morgan fingerprint density at radius 3 is 0.816 bits per heavy atom. The van der Waals surface area contributed by atoms with E-state index >= 15 is 0 Å². The Balaban J connectivity index is 0.000000133. The van der Waals surface area contributed by atoms with Gasteiger partial charge in [-0.3, -0.25) is 0 Å². The molecule has 0 aliphatic rings. The molecule has 0 spiro atoms. The molecule has 0 aliphatic heterocycles. The minimum Gasteiger partial charge on any atom is -0.355 e. The fourth-order valence-electron chi connectivity index (χ4n) is 14.1. The number of hydrogen-bond acceptors (Lipinski definition) is 2. The predicted molar refractivity (Wildman–Crippen MR) is 442 cm³/mol. The fourth-order valence-corrected chi connectivity index (χ4v) is 14.2. The Hall–Kier alpha value is -13.1. The number of benzene rings is 18. The van der Waals surface area contributed by atoms with Crippen molar-refractivity contribution in [3.05, 3.63) is 430 Å². The number of anilines is 5. The van der Waals surface area contributed by atoms with Crippen molar-refractivity contribution in [1.29, 1.82) is 0 Å². The van der Waals surface area contributed by atoms with E-state index in [4.69, 9.17) is 11.6 Å². The Labute approximate surface area is 608 Å². The molecule has 0 fully saturated rings. The van der Waals surface area contributed by atoms with Gasteiger partial charge in [-0.1, -0.05) is 339 Å². The summed E-state index contributed by atoms with van der Waals surface area (Å²) < 4.78 is 0. The van der Waals surface area contributed by atoms with Gasteiger partial charge in [0.15, 0.2) is 0 Å². The maximum absolute atomic E-state index is 6.01. The summed E-state index contributed by atoms with van der Waals surface area (Å²) in [6.45, 7) is 0. The molecule has 1 N–H and O–H groups in total. The van der Waals surface area contributed by atoms with Crippen LogP contribution in [0.5, 0.6) is 0 Å². The predicted octanol–water partition coefficient (Wildman–Crippen LogP) is 28.9. The standard InChI is InChI=1S/C50H35N.C30H23N.C20H13Cl/c1-4-14-36(15-5-1)39-24-28-44(29-25-39)51(46-33-42(37-16-6-2-7-17-37)32-43(34-46)38-18-8-3-9-19-38)45-30-26-40(27-31-45)50-35-41-20-10-11-21-47(41)48-22-12-13-23-49(48)50;1-4-10-23(11-5-1)26-16-18-29(19-17-26)31-30-21-27(24-12-6-2-7-13-24)20-28(22-30)25-14-8-3-9-15-25;21-16-11-9-14(10-12-16)20-13-15-5-1-2-6-17(15)18-7-3-4-8-19(18)20/h1-35H;1-22,31H;1-13H. The van der Waals surface area contributed by atoms with Gasteiger partial charge in [0.2, 0.25) is 0 Å². The number of hydrogen-bond donors (Lipinski definition) is 1. The normalized spacial score (nSPS) is 11.0. The van der Waals surface area contributed by atoms with E-state index in [2.05, 4.69) is 417 Å². The molecule has 488 valence electrons. The van der Waals surface area contributed by atoms with Gasteiger partial charge in [-0.15, -0.1) is 0 Å². The molecule has 0 amide bonds. The molecule has 0 aromatic heterocycles. The molecule has 3 heteroatoms. The Morgan fingerprint density at radius 2 is 0.447 bits per heavy atom.